The van der Waals surface area contributed by atoms with Gasteiger partial charge < -0.3 is 14.6 Å². The summed E-state index contributed by atoms with van der Waals surface area (Å²) in [6.45, 7) is 8.29. The second-order valence-corrected chi connectivity index (χ2v) is 7.99. The van der Waals surface area contributed by atoms with Crippen LogP contribution >= 0.6 is 0 Å². The number of para-hydroxylation sites is 2. The Morgan fingerprint density at radius 2 is 1.82 bits per heavy atom. The van der Waals surface area contributed by atoms with Crippen LogP contribution in [0.2, 0.25) is 0 Å². The first-order chi connectivity index (χ1) is 16.2. The van der Waals surface area contributed by atoms with Crippen molar-refractivity contribution < 1.29 is 14.6 Å². The lowest BCUT2D eigenvalue weighted by Crippen LogP contribution is -2.34. The number of aliphatic hydroxyl groups excluding tert-OH is 1. The third-order valence-corrected chi connectivity index (χ3v) is 5.48. The van der Waals surface area contributed by atoms with Crippen LogP contribution in [0, 0.1) is 0 Å². The van der Waals surface area contributed by atoms with Gasteiger partial charge in [-0.1, -0.05) is 49.4 Å². The number of hydrogen-bond donors (Lipinski definition) is 1. The lowest BCUT2D eigenvalue weighted by atomic mass is 10.1. The van der Waals surface area contributed by atoms with Gasteiger partial charge in [-0.05, 0) is 43.5 Å². The van der Waals surface area contributed by atoms with E-state index < -0.39 is 6.10 Å². The number of aryl methyl sites for hydroxylation is 1. The van der Waals surface area contributed by atoms with Gasteiger partial charge in [0.2, 0.25) is 5.88 Å². The van der Waals surface area contributed by atoms with Gasteiger partial charge >= 0.3 is 0 Å². The minimum Gasteiger partial charge on any atom is -0.439 e. The largest absolute Gasteiger partial charge is 0.439 e. The van der Waals surface area contributed by atoms with Crippen LogP contribution in [0.15, 0.2) is 73.3 Å². The van der Waals surface area contributed by atoms with Crippen molar-refractivity contribution in [1.29, 1.82) is 0 Å². The first-order valence-corrected chi connectivity index (χ1v) is 11.6. The lowest BCUT2D eigenvalue weighted by Gasteiger charge is -2.25. The van der Waals surface area contributed by atoms with Crippen LogP contribution in [-0.4, -0.2) is 52.7 Å². The third-order valence-electron chi connectivity index (χ3n) is 5.48. The van der Waals surface area contributed by atoms with E-state index in [4.69, 9.17) is 14.6 Å². The number of rotatable bonds is 14. The second kappa shape index (κ2) is 12.9. The molecule has 1 heterocycles. The minimum atomic E-state index is -0.437. The van der Waals surface area contributed by atoms with Crippen molar-refractivity contribution in [2.75, 3.05) is 26.8 Å². The predicted molar refractivity (Wildman–Crippen MR) is 132 cm³/mol. The molecule has 0 fully saturated rings. The molecule has 0 amide bonds. The molecule has 0 unspecified atom stereocenters. The maximum atomic E-state index is 10.6. The van der Waals surface area contributed by atoms with E-state index in [2.05, 4.69) is 18.4 Å². The Morgan fingerprint density at radius 3 is 2.45 bits per heavy atom. The number of benzene rings is 2. The molecule has 0 aliphatic rings. The van der Waals surface area contributed by atoms with Gasteiger partial charge in [0.15, 0.2) is 0 Å². The Morgan fingerprint density at radius 1 is 1.12 bits per heavy atom. The van der Waals surface area contributed by atoms with Gasteiger partial charge in [-0.25, -0.2) is 4.68 Å². The second-order valence-electron chi connectivity index (χ2n) is 7.99. The van der Waals surface area contributed by atoms with Crippen molar-refractivity contribution in [2.45, 2.75) is 38.8 Å². The molecule has 6 nitrogen and oxygen atoms in total. The van der Waals surface area contributed by atoms with Crippen LogP contribution < -0.4 is 4.74 Å². The molecule has 3 aromatic rings. The first-order valence-electron chi connectivity index (χ1n) is 11.6. The maximum Gasteiger partial charge on any atom is 0.227 e. The number of ether oxygens (including phenoxy) is 2. The lowest BCUT2D eigenvalue weighted by molar-refractivity contribution is 0.0804. The normalized spacial score (nSPS) is 12.1. The van der Waals surface area contributed by atoms with Gasteiger partial charge in [-0.3, -0.25) is 4.90 Å². The Labute approximate surface area is 197 Å². The Kier molecular flexibility index (Phi) is 9.69. The van der Waals surface area contributed by atoms with Gasteiger partial charge in [-0.2, -0.15) is 5.10 Å². The standard InChI is InChI=1S/C27H35N3O3/c1-4-6-15-23(31)20-29(18-19-32-3)21-25-26(5-2)28-30(22-13-9-7-10-14-22)27(25)33-24-16-11-8-12-17-24/h4,7-14,16-17,23,31H,1,5-6,15,18-21H2,2-3H3/t23-/m1/s1. The SMILES string of the molecule is C=CCC[C@@H](O)CN(CCOC)Cc1c(CC)nn(-c2ccccc2)c1Oc1ccccc1. The molecule has 0 saturated heterocycles. The van der Waals surface area contributed by atoms with E-state index in [1.165, 1.54) is 0 Å². The quantitative estimate of drug-likeness (QED) is 0.351. The Balaban J connectivity index is 1.98. The molecule has 3 rings (SSSR count). The summed E-state index contributed by atoms with van der Waals surface area (Å²) in [5.74, 6) is 1.46. The molecule has 1 N–H and O–H groups in total. The van der Waals surface area contributed by atoms with Gasteiger partial charge in [0.25, 0.3) is 0 Å². The maximum absolute atomic E-state index is 10.6. The molecule has 0 radical (unpaired) electrons. The van der Waals surface area contributed by atoms with Crippen molar-refractivity contribution in [3.8, 4) is 17.3 Å². The molecule has 0 aliphatic heterocycles. The van der Waals surface area contributed by atoms with Crippen molar-refractivity contribution in [3.05, 3.63) is 84.6 Å². The highest BCUT2D eigenvalue weighted by atomic mass is 16.5. The summed E-state index contributed by atoms with van der Waals surface area (Å²) in [4.78, 5) is 2.21. The zero-order valence-electron chi connectivity index (χ0n) is 19.7. The molecule has 176 valence electrons. The molecular formula is C27H35N3O3. The summed E-state index contributed by atoms with van der Waals surface area (Å²) in [5, 5.41) is 15.5. The molecule has 6 heteroatoms. The van der Waals surface area contributed by atoms with E-state index in [1.54, 1.807) is 7.11 Å². The molecule has 2 aromatic carbocycles. The van der Waals surface area contributed by atoms with E-state index in [1.807, 2.05) is 71.4 Å². The zero-order valence-corrected chi connectivity index (χ0v) is 19.7. The summed E-state index contributed by atoms with van der Waals surface area (Å²) in [6, 6.07) is 19.8. The van der Waals surface area contributed by atoms with Crippen LogP contribution in [0.4, 0.5) is 0 Å². The van der Waals surface area contributed by atoms with Gasteiger partial charge in [0, 0.05) is 26.7 Å². The van der Waals surface area contributed by atoms with E-state index >= 15 is 0 Å². The Hall–Kier alpha value is -2.93. The van der Waals surface area contributed by atoms with Crippen LogP contribution in [0.25, 0.3) is 5.69 Å². The van der Waals surface area contributed by atoms with E-state index in [9.17, 15) is 5.11 Å². The fraction of sp³-hybridized carbons (Fsp3) is 0.370. The average molecular weight is 450 g/mol. The predicted octanol–water partition coefficient (Wildman–Crippen LogP) is 5.00. The van der Waals surface area contributed by atoms with Crippen LogP contribution in [-0.2, 0) is 17.7 Å². The molecule has 0 spiro atoms. The first kappa shape index (κ1) is 24.7. The fourth-order valence-electron chi connectivity index (χ4n) is 3.75. The minimum absolute atomic E-state index is 0.437. The molecule has 1 aromatic heterocycles. The number of aliphatic hydroxyl groups is 1. The molecule has 0 bridgehead atoms. The smallest absolute Gasteiger partial charge is 0.227 e. The highest BCUT2D eigenvalue weighted by molar-refractivity contribution is 5.43. The van der Waals surface area contributed by atoms with Gasteiger partial charge in [0.1, 0.15) is 5.75 Å². The topological polar surface area (TPSA) is 59.8 Å². The molecule has 33 heavy (non-hydrogen) atoms. The third kappa shape index (κ3) is 7.02. The summed E-state index contributed by atoms with van der Waals surface area (Å²) in [7, 11) is 1.70. The van der Waals surface area contributed by atoms with Crippen LogP contribution in [0.3, 0.4) is 0 Å². The summed E-state index contributed by atoms with van der Waals surface area (Å²) >= 11 is 0. The van der Waals surface area contributed by atoms with E-state index in [0.29, 0.717) is 38.5 Å². The molecule has 1 atom stereocenters. The van der Waals surface area contributed by atoms with Gasteiger partial charge in [0.05, 0.1) is 29.7 Å². The molecule has 0 aliphatic carbocycles. The van der Waals surface area contributed by atoms with Crippen molar-refractivity contribution in [3.63, 3.8) is 0 Å². The van der Waals surface area contributed by atoms with E-state index in [-0.39, 0.29) is 0 Å². The van der Waals surface area contributed by atoms with Crippen molar-refractivity contribution in [1.82, 2.24) is 14.7 Å². The van der Waals surface area contributed by atoms with Gasteiger partial charge in [-0.15, -0.1) is 6.58 Å². The summed E-state index contributed by atoms with van der Waals surface area (Å²) in [6.07, 6.45) is 3.65. The molecular weight excluding hydrogens is 414 g/mol. The molecule has 0 saturated carbocycles. The monoisotopic (exact) mass is 449 g/mol. The fourth-order valence-corrected chi connectivity index (χ4v) is 3.75. The van der Waals surface area contributed by atoms with Crippen molar-refractivity contribution >= 4 is 0 Å². The van der Waals surface area contributed by atoms with Crippen molar-refractivity contribution in [2.24, 2.45) is 0 Å². The average Bonchev–Trinajstić information content (AvgIpc) is 3.19. The highest BCUT2D eigenvalue weighted by Gasteiger charge is 2.23. The highest BCUT2D eigenvalue weighted by Crippen LogP contribution is 2.32. The number of allylic oxidation sites excluding steroid dienone is 1. The Bertz CT molecular complexity index is 973. The number of methoxy groups -OCH3 is 1. The summed E-state index contributed by atoms with van der Waals surface area (Å²) in [5.41, 5.74) is 2.95. The number of hydrogen-bond acceptors (Lipinski definition) is 5. The number of aromatic nitrogens is 2. The van der Waals surface area contributed by atoms with E-state index in [0.717, 1.165) is 35.5 Å². The zero-order chi connectivity index (χ0) is 23.5. The number of nitrogens with zero attached hydrogens (tertiary/aromatic N) is 3. The van der Waals surface area contributed by atoms with Crippen LogP contribution in [0.5, 0.6) is 11.6 Å². The summed E-state index contributed by atoms with van der Waals surface area (Å²) < 4.78 is 13.6. The van der Waals surface area contributed by atoms with Crippen LogP contribution in [0.1, 0.15) is 31.0 Å².